The molecule has 0 radical (unpaired) electrons. The van der Waals surface area contributed by atoms with Crippen molar-refractivity contribution in [3.8, 4) is 17.6 Å². The molecule has 2 nitrogen and oxygen atoms in total. The molecule has 0 amide bonds. The molecule has 1 fully saturated rings. The fourth-order valence-electron chi connectivity index (χ4n) is 2.12. The molecule has 1 aromatic rings. The molecule has 19 heavy (non-hydrogen) atoms. The zero-order valence-electron chi connectivity index (χ0n) is 11.2. The van der Waals surface area contributed by atoms with Crippen molar-refractivity contribution in [3.63, 3.8) is 0 Å². The molecule has 0 aliphatic carbocycles. The maximum atomic E-state index is 5.86. The second-order valence-electron chi connectivity index (χ2n) is 4.78. The van der Waals surface area contributed by atoms with E-state index in [0.29, 0.717) is 11.8 Å². The first kappa shape index (κ1) is 14.2. The van der Waals surface area contributed by atoms with Gasteiger partial charge in [0.25, 0.3) is 0 Å². The summed E-state index contributed by atoms with van der Waals surface area (Å²) in [5.41, 5.74) is 2.14. The van der Waals surface area contributed by atoms with Gasteiger partial charge in [-0.25, -0.2) is 0 Å². The zero-order chi connectivity index (χ0) is 13.5. The van der Waals surface area contributed by atoms with Gasteiger partial charge in [-0.05, 0) is 49.4 Å². The van der Waals surface area contributed by atoms with Gasteiger partial charge in [-0.1, -0.05) is 11.8 Å². The predicted molar refractivity (Wildman–Crippen MR) is 77.8 cm³/mol. The van der Waals surface area contributed by atoms with Crippen LogP contribution in [0.25, 0.3) is 0 Å². The van der Waals surface area contributed by atoms with Crippen LogP contribution >= 0.6 is 11.6 Å². The van der Waals surface area contributed by atoms with E-state index < -0.39 is 0 Å². The monoisotopic (exact) mass is 278 g/mol. The Balaban J connectivity index is 1.92. The molecular weight excluding hydrogens is 260 g/mol. The Morgan fingerprint density at radius 1 is 1.37 bits per heavy atom. The molecule has 3 heteroatoms. The molecule has 0 N–H and O–H groups in total. The van der Waals surface area contributed by atoms with E-state index in [0.717, 1.165) is 49.5 Å². The second kappa shape index (κ2) is 7.43. The molecule has 2 rings (SSSR count). The lowest BCUT2D eigenvalue weighted by atomic mass is 10.0. The van der Waals surface area contributed by atoms with Crippen LogP contribution in [0.1, 0.15) is 24.0 Å². The van der Waals surface area contributed by atoms with Crippen molar-refractivity contribution in [2.45, 2.75) is 19.8 Å². The lowest BCUT2D eigenvalue weighted by molar-refractivity contribution is 0.0497. The van der Waals surface area contributed by atoms with Gasteiger partial charge in [-0.15, -0.1) is 11.6 Å². The molecule has 1 heterocycles. The normalized spacial score (nSPS) is 15.7. The number of rotatable bonds is 3. The number of hydrogen-bond donors (Lipinski definition) is 0. The van der Waals surface area contributed by atoms with E-state index in [-0.39, 0.29) is 0 Å². The van der Waals surface area contributed by atoms with Gasteiger partial charge in [0.2, 0.25) is 0 Å². The summed E-state index contributed by atoms with van der Waals surface area (Å²) in [6.07, 6.45) is 2.19. The van der Waals surface area contributed by atoms with Crippen molar-refractivity contribution in [3.05, 3.63) is 29.3 Å². The van der Waals surface area contributed by atoms with Crippen LogP contribution in [0.2, 0.25) is 0 Å². The minimum atomic E-state index is 0.363. The van der Waals surface area contributed by atoms with Crippen molar-refractivity contribution in [2.75, 3.05) is 25.7 Å². The predicted octanol–water partition coefficient (Wildman–Crippen LogP) is 3.39. The molecule has 1 saturated heterocycles. The third kappa shape index (κ3) is 4.45. The highest BCUT2D eigenvalue weighted by Gasteiger charge is 2.14. The fourth-order valence-corrected chi connectivity index (χ4v) is 2.19. The van der Waals surface area contributed by atoms with E-state index in [1.807, 2.05) is 25.1 Å². The third-order valence-corrected chi connectivity index (χ3v) is 3.45. The Hall–Kier alpha value is -1.17. The van der Waals surface area contributed by atoms with E-state index in [2.05, 4.69) is 11.8 Å². The van der Waals surface area contributed by atoms with Crippen molar-refractivity contribution in [2.24, 2.45) is 5.92 Å². The molecule has 1 aliphatic rings. The highest BCUT2D eigenvalue weighted by atomic mass is 35.5. The standard InChI is InChI=1S/C16H19ClO2/c1-13-11-16(5-4-15(13)3-2-8-17)19-12-14-6-9-18-10-7-14/h4-5,11,14H,6-10,12H2,1H3. The van der Waals surface area contributed by atoms with Gasteiger partial charge in [0.15, 0.2) is 0 Å². The number of alkyl halides is 1. The minimum Gasteiger partial charge on any atom is -0.493 e. The van der Waals surface area contributed by atoms with Crippen molar-refractivity contribution < 1.29 is 9.47 Å². The zero-order valence-corrected chi connectivity index (χ0v) is 12.0. The molecule has 0 unspecified atom stereocenters. The van der Waals surface area contributed by atoms with Gasteiger partial charge in [0, 0.05) is 18.8 Å². The van der Waals surface area contributed by atoms with E-state index in [4.69, 9.17) is 21.1 Å². The van der Waals surface area contributed by atoms with E-state index >= 15 is 0 Å². The fraction of sp³-hybridized carbons (Fsp3) is 0.500. The lowest BCUT2D eigenvalue weighted by Crippen LogP contribution is -2.21. The largest absolute Gasteiger partial charge is 0.493 e. The summed E-state index contributed by atoms with van der Waals surface area (Å²) in [5, 5.41) is 0. The van der Waals surface area contributed by atoms with Crippen molar-refractivity contribution in [1.29, 1.82) is 0 Å². The average molecular weight is 279 g/mol. The molecule has 0 bridgehead atoms. The van der Waals surface area contributed by atoms with Gasteiger partial charge < -0.3 is 9.47 Å². The number of aryl methyl sites for hydroxylation is 1. The maximum absolute atomic E-state index is 5.86. The number of hydrogen-bond acceptors (Lipinski definition) is 2. The van der Waals surface area contributed by atoms with Crippen LogP contribution in [0.5, 0.6) is 5.75 Å². The molecule has 0 saturated carbocycles. The second-order valence-corrected chi connectivity index (χ2v) is 5.05. The third-order valence-electron chi connectivity index (χ3n) is 3.31. The molecular formula is C16H19ClO2. The molecule has 0 atom stereocenters. The maximum Gasteiger partial charge on any atom is 0.119 e. The van der Waals surface area contributed by atoms with Crippen molar-refractivity contribution in [1.82, 2.24) is 0 Å². The molecule has 0 spiro atoms. The summed E-state index contributed by atoms with van der Waals surface area (Å²) in [6.45, 7) is 4.54. The topological polar surface area (TPSA) is 18.5 Å². The summed E-state index contributed by atoms with van der Waals surface area (Å²) in [7, 11) is 0. The van der Waals surface area contributed by atoms with Gasteiger partial charge in [-0.3, -0.25) is 0 Å². The van der Waals surface area contributed by atoms with Crippen LogP contribution in [0.3, 0.4) is 0 Å². The molecule has 102 valence electrons. The van der Waals surface area contributed by atoms with Crippen molar-refractivity contribution >= 4 is 11.6 Å². The minimum absolute atomic E-state index is 0.363. The van der Waals surface area contributed by atoms with Gasteiger partial charge in [-0.2, -0.15) is 0 Å². The van der Waals surface area contributed by atoms with Crippen LogP contribution in [-0.4, -0.2) is 25.7 Å². The van der Waals surface area contributed by atoms with Crippen LogP contribution in [0.15, 0.2) is 18.2 Å². The first-order valence-electron chi connectivity index (χ1n) is 6.65. The Morgan fingerprint density at radius 3 is 2.84 bits per heavy atom. The molecule has 0 aromatic heterocycles. The Morgan fingerprint density at radius 2 is 2.16 bits per heavy atom. The smallest absolute Gasteiger partial charge is 0.119 e. The highest BCUT2D eigenvalue weighted by molar-refractivity contribution is 6.19. The number of ether oxygens (including phenoxy) is 2. The highest BCUT2D eigenvalue weighted by Crippen LogP contribution is 2.20. The average Bonchev–Trinajstić information content (AvgIpc) is 2.45. The van der Waals surface area contributed by atoms with Gasteiger partial charge in [0.1, 0.15) is 5.75 Å². The molecule has 1 aliphatic heterocycles. The quantitative estimate of drug-likeness (QED) is 0.623. The summed E-state index contributed by atoms with van der Waals surface area (Å²) >= 11 is 5.56. The molecule has 1 aromatic carbocycles. The van der Waals surface area contributed by atoms with Gasteiger partial charge >= 0.3 is 0 Å². The van der Waals surface area contributed by atoms with E-state index in [1.165, 1.54) is 0 Å². The van der Waals surface area contributed by atoms with Crippen LogP contribution in [0.4, 0.5) is 0 Å². The number of halogens is 1. The van der Waals surface area contributed by atoms with E-state index in [1.54, 1.807) is 0 Å². The van der Waals surface area contributed by atoms with Crippen LogP contribution in [0, 0.1) is 24.7 Å². The van der Waals surface area contributed by atoms with E-state index in [9.17, 15) is 0 Å². The first-order valence-corrected chi connectivity index (χ1v) is 7.19. The van der Waals surface area contributed by atoms with Gasteiger partial charge in [0.05, 0.1) is 12.5 Å². The summed E-state index contributed by atoms with van der Waals surface area (Å²) in [4.78, 5) is 0. The Bertz CT molecular complexity index is 467. The SMILES string of the molecule is Cc1cc(OCC2CCOCC2)ccc1C#CCCl. The van der Waals surface area contributed by atoms with Crippen LogP contribution in [-0.2, 0) is 4.74 Å². The number of benzene rings is 1. The lowest BCUT2D eigenvalue weighted by Gasteiger charge is -2.22. The van der Waals surface area contributed by atoms with Crippen LogP contribution < -0.4 is 4.74 Å². The summed E-state index contributed by atoms with van der Waals surface area (Å²) < 4.78 is 11.2. The summed E-state index contributed by atoms with van der Waals surface area (Å²) in [5.74, 6) is 7.81. The Labute approximate surface area is 120 Å². The first-order chi connectivity index (χ1) is 9.29. The Kier molecular flexibility index (Phi) is 5.57. The summed E-state index contributed by atoms with van der Waals surface area (Å²) in [6, 6.07) is 6.01.